The highest BCUT2D eigenvalue weighted by Crippen LogP contribution is 2.28. The van der Waals surface area contributed by atoms with Gasteiger partial charge in [-0.25, -0.2) is 13.1 Å². The second kappa shape index (κ2) is 8.84. The number of nitrogens with two attached hydrogens (primary N) is 1. The number of hydrogen-bond donors (Lipinski definition) is 2. The van der Waals surface area contributed by atoms with E-state index in [4.69, 9.17) is 10.5 Å². The molecule has 1 aromatic rings. The van der Waals surface area contributed by atoms with Crippen LogP contribution >= 0.6 is 12.4 Å². The lowest BCUT2D eigenvalue weighted by Crippen LogP contribution is -2.44. The van der Waals surface area contributed by atoms with E-state index in [2.05, 4.69) is 4.72 Å². The first-order valence-corrected chi connectivity index (χ1v) is 8.85. The van der Waals surface area contributed by atoms with Gasteiger partial charge in [-0.3, -0.25) is 0 Å². The first-order chi connectivity index (χ1) is 10.1. The van der Waals surface area contributed by atoms with Crippen molar-refractivity contribution in [2.45, 2.75) is 43.2 Å². The number of benzene rings is 1. The van der Waals surface area contributed by atoms with Crippen LogP contribution in [0.15, 0.2) is 29.2 Å². The van der Waals surface area contributed by atoms with Gasteiger partial charge in [0.05, 0.1) is 11.5 Å². The number of hydrogen-bond acceptors (Lipinski definition) is 4. The summed E-state index contributed by atoms with van der Waals surface area (Å²) in [5, 5.41) is 0. The molecule has 1 aliphatic carbocycles. The first-order valence-electron chi connectivity index (χ1n) is 7.37. The second-order valence-corrected chi connectivity index (χ2v) is 7.30. The van der Waals surface area contributed by atoms with E-state index in [0.29, 0.717) is 19.1 Å². The van der Waals surface area contributed by atoms with Crippen LogP contribution in [0.3, 0.4) is 0 Å². The number of methoxy groups -OCH3 is 1. The van der Waals surface area contributed by atoms with Gasteiger partial charge in [0.25, 0.3) is 0 Å². The Balaban J connectivity index is 0.00000242. The van der Waals surface area contributed by atoms with Crippen molar-refractivity contribution in [3.05, 3.63) is 29.8 Å². The van der Waals surface area contributed by atoms with Crippen LogP contribution in [0.1, 0.15) is 31.2 Å². The van der Waals surface area contributed by atoms with Crippen LogP contribution in [-0.2, 0) is 21.4 Å². The van der Waals surface area contributed by atoms with Gasteiger partial charge in [-0.05, 0) is 36.5 Å². The van der Waals surface area contributed by atoms with Crippen molar-refractivity contribution in [1.29, 1.82) is 0 Å². The van der Waals surface area contributed by atoms with E-state index in [1.165, 1.54) is 0 Å². The first kappa shape index (κ1) is 19.4. The van der Waals surface area contributed by atoms with E-state index in [0.717, 1.165) is 31.2 Å². The molecule has 0 bridgehead atoms. The third-order valence-corrected chi connectivity index (χ3v) is 5.54. The Morgan fingerprint density at radius 3 is 2.64 bits per heavy atom. The molecule has 1 atom stereocenters. The van der Waals surface area contributed by atoms with Crippen LogP contribution in [0, 0.1) is 5.92 Å². The number of rotatable bonds is 7. The normalized spacial score (nSPS) is 17.2. The number of halogens is 1. The highest BCUT2D eigenvalue weighted by Gasteiger charge is 2.28. The van der Waals surface area contributed by atoms with E-state index >= 15 is 0 Å². The van der Waals surface area contributed by atoms with Gasteiger partial charge in [-0.15, -0.1) is 12.4 Å². The lowest BCUT2D eigenvalue weighted by molar-refractivity contribution is 0.184. The Kier molecular flexibility index (Phi) is 7.79. The zero-order valence-corrected chi connectivity index (χ0v) is 14.5. The number of sulfonamides is 1. The van der Waals surface area contributed by atoms with E-state index in [-0.39, 0.29) is 23.3 Å². The van der Waals surface area contributed by atoms with Crippen LogP contribution < -0.4 is 10.5 Å². The zero-order chi connectivity index (χ0) is 15.3. The highest BCUT2D eigenvalue weighted by atomic mass is 35.5. The van der Waals surface area contributed by atoms with E-state index in [1.807, 2.05) is 6.07 Å². The lowest BCUT2D eigenvalue weighted by atomic mass is 9.99. The maximum atomic E-state index is 12.5. The average Bonchev–Trinajstić information content (AvgIpc) is 2.99. The topological polar surface area (TPSA) is 81.4 Å². The minimum Gasteiger partial charge on any atom is -0.380 e. The molecule has 0 spiro atoms. The summed E-state index contributed by atoms with van der Waals surface area (Å²) in [6, 6.07) is 6.65. The Labute approximate surface area is 139 Å². The highest BCUT2D eigenvalue weighted by molar-refractivity contribution is 7.89. The molecule has 1 aliphatic rings. The molecule has 126 valence electrons. The van der Waals surface area contributed by atoms with Crippen molar-refractivity contribution in [3.63, 3.8) is 0 Å². The summed E-state index contributed by atoms with van der Waals surface area (Å²) >= 11 is 0. The summed E-state index contributed by atoms with van der Waals surface area (Å²) in [4.78, 5) is 0.272. The molecule has 1 fully saturated rings. The molecule has 1 saturated carbocycles. The third-order valence-electron chi connectivity index (χ3n) is 4.05. The van der Waals surface area contributed by atoms with Gasteiger partial charge in [-0.1, -0.05) is 25.0 Å². The van der Waals surface area contributed by atoms with E-state index < -0.39 is 10.0 Å². The fraction of sp³-hybridized carbons (Fsp3) is 0.600. The fourth-order valence-corrected chi connectivity index (χ4v) is 4.32. The van der Waals surface area contributed by atoms with Gasteiger partial charge in [0, 0.05) is 19.7 Å². The minimum atomic E-state index is -3.54. The molecule has 0 amide bonds. The van der Waals surface area contributed by atoms with Crippen molar-refractivity contribution < 1.29 is 13.2 Å². The smallest absolute Gasteiger partial charge is 0.240 e. The van der Waals surface area contributed by atoms with Crippen LogP contribution in [-0.4, -0.2) is 28.1 Å². The molecule has 0 heterocycles. The fourth-order valence-electron chi connectivity index (χ4n) is 2.93. The maximum Gasteiger partial charge on any atom is 0.240 e. The summed E-state index contributed by atoms with van der Waals surface area (Å²) in [6.45, 7) is 0.730. The van der Waals surface area contributed by atoms with Crippen LogP contribution in [0.5, 0.6) is 0 Å². The summed E-state index contributed by atoms with van der Waals surface area (Å²) in [6.07, 6.45) is 4.42. The largest absolute Gasteiger partial charge is 0.380 e. The molecule has 0 radical (unpaired) electrons. The molecular formula is C15H25ClN2O3S. The van der Waals surface area contributed by atoms with Crippen molar-refractivity contribution in [2.24, 2.45) is 11.7 Å². The molecule has 7 heteroatoms. The lowest BCUT2D eigenvalue weighted by Gasteiger charge is -2.23. The zero-order valence-electron chi connectivity index (χ0n) is 12.8. The second-order valence-electron chi connectivity index (χ2n) is 5.59. The SMILES string of the molecule is COCc1cccc(S(=O)(=O)NC(CN)C2CCCC2)c1.Cl. The predicted molar refractivity (Wildman–Crippen MR) is 89.5 cm³/mol. The molecule has 3 N–H and O–H groups in total. The van der Waals surface area contributed by atoms with Gasteiger partial charge >= 0.3 is 0 Å². The number of nitrogens with one attached hydrogen (secondary N) is 1. The monoisotopic (exact) mass is 348 g/mol. The van der Waals surface area contributed by atoms with Crippen molar-refractivity contribution in [3.8, 4) is 0 Å². The van der Waals surface area contributed by atoms with Gasteiger partial charge in [0.15, 0.2) is 0 Å². The van der Waals surface area contributed by atoms with Crippen molar-refractivity contribution in [2.75, 3.05) is 13.7 Å². The summed E-state index contributed by atoms with van der Waals surface area (Å²) in [7, 11) is -1.95. The maximum absolute atomic E-state index is 12.5. The molecular weight excluding hydrogens is 324 g/mol. The Morgan fingerprint density at radius 2 is 2.05 bits per heavy atom. The van der Waals surface area contributed by atoms with E-state index in [1.54, 1.807) is 25.3 Å². The Morgan fingerprint density at radius 1 is 1.36 bits per heavy atom. The van der Waals surface area contributed by atoms with Crippen molar-refractivity contribution >= 4 is 22.4 Å². The quantitative estimate of drug-likeness (QED) is 0.790. The molecule has 22 heavy (non-hydrogen) atoms. The summed E-state index contributed by atoms with van der Waals surface area (Å²) in [5.74, 6) is 0.354. The van der Waals surface area contributed by atoms with Gasteiger partial charge < -0.3 is 10.5 Å². The van der Waals surface area contributed by atoms with Crippen LogP contribution in [0.2, 0.25) is 0 Å². The standard InChI is InChI=1S/C15H24N2O3S.ClH/c1-20-11-12-5-4-8-14(9-12)21(18,19)17-15(10-16)13-6-2-3-7-13;/h4-5,8-9,13,15,17H,2-3,6-7,10-11,16H2,1H3;1H. The molecule has 0 aromatic heterocycles. The Hall–Kier alpha value is -0.660. The van der Waals surface area contributed by atoms with Gasteiger partial charge in [0.1, 0.15) is 0 Å². The van der Waals surface area contributed by atoms with Gasteiger partial charge in [-0.2, -0.15) is 0 Å². The minimum absolute atomic E-state index is 0. The molecule has 0 saturated heterocycles. The molecule has 0 aliphatic heterocycles. The van der Waals surface area contributed by atoms with Gasteiger partial charge in [0.2, 0.25) is 10.0 Å². The summed E-state index contributed by atoms with van der Waals surface area (Å²) in [5.41, 5.74) is 6.61. The molecule has 1 aromatic carbocycles. The molecule has 1 unspecified atom stereocenters. The molecule has 5 nitrogen and oxygen atoms in total. The average molecular weight is 349 g/mol. The molecule has 2 rings (SSSR count). The van der Waals surface area contributed by atoms with E-state index in [9.17, 15) is 8.42 Å². The summed E-state index contributed by atoms with van der Waals surface area (Å²) < 4.78 is 32.8. The Bertz CT molecular complexity index is 560. The predicted octanol–water partition coefficient (Wildman–Crippen LogP) is 2.05. The van der Waals surface area contributed by atoms with Crippen molar-refractivity contribution in [1.82, 2.24) is 4.72 Å². The third kappa shape index (κ3) is 4.93. The van der Waals surface area contributed by atoms with Crippen LogP contribution in [0.4, 0.5) is 0 Å². The number of ether oxygens (including phenoxy) is 1. The van der Waals surface area contributed by atoms with Crippen LogP contribution in [0.25, 0.3) is 0 Å².